The highest BCUT2D eigenvalue weighted by Crippen LogP contribution is 2.34. The fraction of sp³-hybridized carbons (Fsp3) is 0.500. The van der Waals surface area contributed by atoms with E-state index in [0.717, 1.165) is 45.4 Å². The number of hydrogen-bond donors (Lipinski definition) is 2. The van der Waals surface area contributed by atoms with E-state index in [2.05, 4.69) is 34.0 Å². The normalized spacial score (nSPS) is 25.0. The van der Waals surface area contributed by atoms with Gasteiger partial charge in [0.15, 0.2) is 0 Å². The fourth-order valence-corrected chi connectivity index (χ4v) is 3.82. The van der Waals surface area contributed by atoms with Crippen molar-refractivity contribution in [2.24, 2.45) is 5.41 Å². The second-order valence-corrected chi connectivity index (χ2v) is 7.04. The Balaban J connectivity index is 1.60. The maximum absolute atomic E-state index is 10.6. The predicted octanol–water partition coefficient (Wildman–Crippen LogP) is 2.17. The Bertz CT molecular complexity index is 599. The van der Waals surface area contributed by atoms with E-state index in [1.165, 1.54) is 5.56 Å². The molecule has 1 aromatic heterocycles. The summed E-state index contributed by atoms with van der Waals surface area (Å²) < 4.78 is 2.20. The molecule has 1 fully saturated rings. The molecule has 0 unspecified atom stereocenters. The van der Waals surface area contributed by atoms with Crippen molar-refractivity contribution in [1.82, 2.24) is 9.47 Å². The maximum Gasteiger partial charge on any atom is 0.0646 e. The number of likely N-dealkylation sites (tertiary alicyclic amines) is 1. The van der Waals surface area contributed by atoms with Crippen LogP contribution in [-0.4, -0.2) is 52.0 Å². The van der Waals surface area contributed by atoms with Gasteiger partial charge in [-0.1, -0.05) is 30.3 Å². The molecule has 1 aromatic carbocycles. The van der Waals surface area contributed by atoms with Crippen LogP contribution in [0.3, 0.4) is 0 Å². The zero-order valence-electron chi connectivity index (χ0n) is 14.2. The molecule has 0 bridgehead atoms. The summed E-state index contributed by atoms with van der Waals surface area (Å²) in [5.41, 5.74) is 0.729. The van der Waals surface area contributed by atoms with Crippen molar-refractivity contribution in [2.45, 2.75) is 31.9 Å². The Morgan fingerprint density at radius 3 is 2.50 bits per heavy atom. The van der Waals surface area contributed by atoms with Crippen molar-refractivity contribution in [3.05, 3.63) is 60.4 Å². The second kappa shape index (κ2) is 7.97. The van der Waals surface area contributed by atoms with Gasteiger partial charge < -0.3 is 19.7 Å². The zero-order valence-corrected chi connectivity index (χ0v) is 14.2. The molecule has 0 amide bonds. The molecule has 0 aliphatic carbocycles. The lowest BCUT2D eigenvalue weighted by Crippen LogP contribution is -2.55. The van der Waals surface area contributed by atoms with Crippen LogP contribution in [0.5, 0.6) is 0 Å². The Morgan fingerprint density at radius 1 is 1.04 bits per heavy atom. The lowest BCUT2D eigenvalue weighted by atomic mass is 9.73. The third-order valence-electron chi connectivity index (χ3n) is 5.23. The average molecular weight is 328 g/mol. The number of nitrogens with zero attached hydrogens (tertiary/aromatic N) is 2. The number of aryl methyl sites for hydroxylation is 1. The highest BCUT2D eigenvalue weighted by molar-refractivity contribution is 5.18. The monoisotopic (exact) mass is 328 g/mol. The van der Waals surface area contributed by atoms with Crippen LogP contribution in [-0.2, 0) is 13.0 Å². The van der Waals surface area contributed by atoms with Crippen LogP contribution in [0.1, 0.15) is 18.4 Å². The largest absolute Gasteiger partial charge is 0.396 e. The molecule has 2 N–H and O–H groups in total. The first-order valence-electron chi connectivity index (χ1n) is 8.88. The molecule has 0 saturated carbocycles. The summed E-state index contributed by atoms with van der Waals surface area (Å²) >= 11 is 0. The topological polar surface area (TPSA) is 48.6 Å². The number of hydrogen-bond acceptors (Lipinski definition) is 3. The molecule has 1 saturated heterocycles. The van der Waals surface area contributed by atoms with Crippen molar-refractivity contribution in [3.8, 4) is 0 Å². The highest BCUT2D eigenvalue weighted by Gasteiger charge is 2.42. The van der Waals surface area contributed by atoms with E-state index in [4.69, 9.17) is 0 Å². The summed E-state index contributed by atoms with van der Waals surface area (Å²) in [6.07, 6.45) is 6.28. The molecule has 130 valence electrons. The van der Waals surface area contributed by atoms with Crippen molar-refractivity contribution >= 4 is 0 Å². The standard InChI is InChI=1S/C20H28N2O2/c23-17-20(15-18-7-2-1-3-8-18)16-22(14-9-19(20)24)13-6-12-21-10-4-5-11-21/h1-5,7-8,10-11,19,23-24H,6,9,12-17H2/t19-,20+/m0/s1. The molecule has 4 heteroatoms. The first-order valence-corrected chi connectivity index (χ1v) is 8.88. The van der Waals surface area contributed by atoms with Crippen molar-refractivity contribution < 1.29 is 10.2 Å². The fourth-order valence-electron chi connectivity index (χ4n) is 3.82. The van der Waals surface area contributed by atoms with Gasteiger partial charge in [0.1, 0.15) is 0 Å². The van der Waals surface area contributed by atoms with E-state index >= 15 is 0 Å². The molecule has 2 atom stereocenters. The first-order chi connectivity index (χ1) is 11.7. The van der Waals surface area contributed by atoms with Gasteiger partial charge in [0.2, 0.25) is 0 Å². The summed E-state index contributed by atoms with van der Waals surface area (Å²) in [4.78, 5) is 2.40. The minimum Gasteiger partial charge on any atom is -0.396 e. The van der Waals surface area contributed by atoms with Gasteiger partial charge in [-0.3, -0.25) is 0 Å². The minimum atomic E-state index is -0.451. The summed E-state index contributed by atoms with van der Waals surface area (Å²) in [7, 11) is 0. The van der Waals surface area contributed by atoms with Crippen LogP contribution < -0.4 is 0 Å². The summed E-state index contributed by atoms with van der Waals surface area (Å²) in [6.45, 7) is 3.70. The van der Waals surface area contributed by atoms with Gasteiger partial charge >= 0.3 is 0 Å². The Hall–Kier alpha value is -1.62. The number of benzene rings is 1. The van der Waals surface area contributed by atoms with Gasteiger partial charge in [-0.25, -0.2) is 0 Å². The molecule has 1 aliphatic heterocycles. The summed E-state index contributed by atoms with van der Waals surface area (Å²) in [5, 5.41) is 20.7. The van der Waals surface area contributed by atoms with E-state index in [9.17, 15) is 10.2 Å². The molecule has 0 radical (unpaired) electrons. The zero-order chi connectivity index (χ0) is 16.8. The van der Waals surface area contributed by atoms with Gasteiger partial charge in [0.05, 0.1) is 12.7 Å². The highest BCUT2D eigenvalue weighted by atomic mass is 16.3. The van der Waals surface area contributed by atoms with E-state index in [1.807, 2.05) is 30.3 Å². The molecule has 2 heterocycles. The lowest BCUT2D eigenvalue weighted by molar-refractivity contribution is -0.0750. The van der Waals surface area contributed by atoms with Crippen molar-refractivity contribution in [1.29, 1.82) is 0 Å². The molecule has 4 nitrogen and oxygen atoms in total. The quantitative estimate of drug-likeness (QED) is 0.819. The number of piperidine rings is 1. The van der Waals surface area contributed by atoms with E-state index < -0.39 is 11.5 Å². The SMILES string of the molecule is OC[C@@]1(Cc2ccccc2)CN(CCCn2cccc2)CC[C@@H]1O. The number of aromatic nitrogens is 1. The van der Waals surface area contributed by atoms with Crippen LogP contribution in [0, 0.1) is 5.41 Å². The molecule has 24 heavy (non-hydrogen) atoms. The Kier molecular flexibility index (Phi) is 5.72. The van der Waals surface area contributed by atoms with Gasteiger partial charge in [-0.2, -0.15) is 0 Å². The smallest absolute Gasteiger partial charge is 0.0646 e. The average Bonchev–Trinajstić information content (AvgIpc) is 3.12. The molecule has 1 aliphatic rings. The molecule has 0 spiro atoms. The number of rotatable bonds is 7. The van der Waals surface area contributed by atoms with Gasteiger partial charge in [-0.15, -0.1) is 0 Å². The summed E-state index contributed by atoms with van der Waals surface area (Å²) in [6, 6.07) is 14.3. The van der Waals surface area contributed by atoms with Crippen molar-refractivity contribution in [2.75, 3.05) is 26.2 Å². The molecular weight excluding hydrogens is 300 g/mol. The van der Waals surface area contributed by atoms with Gasteiger partial charge in [0.25, 0.3) is 0 Å². The van der Waals surface area contributed by atoms with Crippen molar-refractivity contribution in [3.63, 3.8) is 0 Å². The molecular formula is C20H28N2O2. The Labute approximate surface area is 144 Å². The third-order valence-corrected chi connectivity index (χ3v) is 5.23. The number of aliphatic hydroxyl groups excluding tert-OH is 2. The lowest BCUT2D eigenvalue weighted by Gasteiger charge is -2.45. The minimum absolute atomic E-state index is 0.0250. The first kappa shape index (κ1) is 17.2. The van der Waals surface area contributed by atoms with Crippen LogP contribution in [0.2, 0.25) is 0 Å². The third kappa shape index (κ3) is 4.07. The van der Waals surface area contributed by atoms with E-state index in [0.29, 0.717) is 0 Å². The summed E-state index contributed by atoms with van der Waals surface area (Å²) in [5.74, 6) is 0. The van der Waals surface area contributed by atoms with Gasteiger partial charge in [-0.05, 0) is 43.5 Å². The van der Waals surface area contributed by atoms with Crippen LogP contribution in [0.15, 0.2) is 54.9 Å². The van der Waals surface area contributed by atoms with E-state index in [1.54, 1.807) is 0 Å². The molecule has 2 aromatic rings. The van der Waals surface area contributed by atoms with Crippen LogP contribution >= 0.6 is 0 Å². The van der Waals surface area contributed by atoms with Crippen LogP contribution in [0.4, 0.5) is 0 Å². The maximum atomic E-state index is 10.6. The predicted molar refractivity (Wildman–Crippen MR) is 95.8 cm³/mol. The molecule has 3 rings (SSSR count). The van der Waals surface area contributed by atoms with E-state index in [-0.39, 0.29) is 6.61 Å². The second-order valence-electron chi connectivity index (χ2n) is 7.04. The number of aliphatic hydroxyl groups is 2. The Morgan fingerprint density at radius 2 is 1.79 bits per heavy atom. The van der Waals surface area contributed by atoms with Gasteiger partial charge in [0, 0.05) is 37.4 Å². The van der Waals surface area contributed by atoms with Crippen LogP contribution in [0.25, 0.3) is 0 Å².